The maximum absolute atomic E-state index is 12.6. The Morgan fingerprint density at radius 2 is 2.18 bits per heavy atom. The Morgan fingerprint density at radius 3 is 2.86 bits per heavy atom. The van der Waals surface area contributed by atoms with E-state index in [9.17, 15) is 9.59 Å². The van der Waals surface area contributed by atoms with Gasteiger partial charge in [-0.15, -0.1) is 11.3 Å². The summed E-state index contributed by atoms with van der Waals surface area (Å²) >= 11 is 1.52. The molecule has 114 valence electrons. The number of para-hydroxylation sites is 1. The van der Waals surface area contributed by atoms with E-state index >= 15 is 0 Å². The van der Waals surface area contributed by atoms with Gasteiger partial charge in [-0.1, -0.05) is 18.2 Å². The molecule has 1 aromatic heterocycles. The summed E-state index contributed by atoms with van der Waals surface area (Å²) in [4.78, 5) is 29.6. The average molecular weight is 316 g/mol. The molecule has 0 saturated heterocycles. The number of carboxylic acid groups (broad SMARTS) is 1. The second-order valence-corrected chi connectivity index (χ2v) is 6.45. The normalized spacial score (nSPS) is 16.6. The highest BCUT2D eigenvalue weighted by atomic mass is 32.1. The number of aromatic nitrogens is 1. The highest BCUT2D eigenvalue weighted by Gasteiger charge is 2.33. The Labute approximate surface area is 132 Å². The maximum atomic E-state index is 12.6. The Balaban J connectivity index is 1.82. The van der Waals surface area contributed by atoms with Gasteiger partial charge < -0.3 is 10.0 Å². The molecule has 2 heterocycles. The molecule has 22 heavy (non-hydrogen) atoms. The molecular weight excluding hydrogens is 300 g/mol. The second kappa shape index (κ2) is 5.88. The molecule has 0 aliphatic carbocycles. The van der Waals surface area contributed by atoms with E-state index in [-0.39, 0.29) is 24.7 Å². The molecule has 0 spiro atoms. The monoisotopic (exact) mass is 316 g/mol. The van der Waals surface area contributed by atoms with Crippen molar-refractivity contribution in [3.05, 3.63) is 45.9 Å². The summed E-state index contributed by atoms with van der Waals surface area (Å²) in [6.45, 7) is 2.33. The predicted octanol–water partition coefficient (Wildman–Crippen LogP) is 2.60. The van der Waals surface area contributed by atoms with E-state index in [1.165, 1.54) is 11.3 Å². The van der Waals surface area contributed by atoms with Crippen molar-refractivity contribution < 1.29 is 14.7 Å². The first kappa shape index (κ1) is 14.7. The molecule has 1 amide bonds. The third-order valence-corrected chi connectivity index (χ3v) is 4.61. The fraction of sp³-hybridized carbons (Fsp3) is 0.312. The van der Waals surface area contributed by atoms with Gasteiger partial charge in [-0.25, -0.2) is 4.98 Å². The summed E-state index contributed by atoms with van der Waals surface area (Å²) in [5.74, 6) is -1.02. The van der Waals surface area contributed by atoms with Crippen molar-refractivity contribution in [2.75, 3.05) is 11.4 Å². The Hall–Kier alpha value is -2.21. The predicted molar refractivity (Wildman–Crippen MR) is 84.3 cm³/mol. The maximum Gasteiger partial charge on any atom is 0.304 e. The molecule has 0 bridgehead atoms. The highest BCUT2D eigenvalue weighted by molar-refractivity contribution is 7.09. The average Bonchev–Trinajstić information content (AvgIpc) is 3.03. The minimum atomic E-state index is -0.843. The number of amides is 1. The lowest BCUT2D eigenvalue weighted by molar-refractivity contribution is -0.137. The Morgan fingerprint density at radius 1 is 1.41 bits per heavy atom. The molecular formula is C16H16N2O3S. The molecule has 1 atom stereocenters. The van der Waals surface area contributed by atoms with Crippen LogP contribution in [0.1, 0.15) is 28.6 Å². The number of thiazole rings is 1. The smallest absolute Gasteiger partial charge is 0.304 e. The van der Waals surface area contributed by atoms with E-state index in [0.29, 0.717) is 6.54 Å². The van der Waals surface area contributed by atoms with E-state index in [2.05, 4.69) is 4.98 Å². The first-order valence-electron chi connectivity index (χ1n) is 7.06. The molecule has 6 heteroatoms. The minimum absolute atomic E-state index is 0.0364. The van der Waals surface area contributed by atoms with Gasteiger partial charge in [-0.05, 0) is 18.6 Å². The van der Waals surface area contributed by atoms with Crippen LogP contribution < -0.4 is 4.90 Å². The standard InChI is InChI=1S/C16H16N2O3S/c1-10-17-12(9-22-10)7-15(19)18-8-11(6-16(20)21)13-4-2-3-5-14(13)18/h2-5,9,11H,6-8H2,1H3,(H,20,21). The fourth-order valence-corrected chi connectivity index (χ4v) is 3.47. The molecule has 0 saturated carbocycles. The van der Waals surface area contributed by atoms with Gasteiger partial charge in [0.2, 0.25) is 5.91 Å². The summed E-state index contributed by atoms with van der Waals surface area (Å²) in [6.07, 6.45) is 0.287. The van der Waals surface area contributed by atoms with E-state index < -0.39 is 5.97 Å². The first-order valence-corrected chi connectivity index (χ1v) is 7.94. The zero-order valence-corrected chi connectivity index (χ0v) is 13.0. The molecule has 5 nitrogen and oxygen atoms in total. The van der Waals surface area contributed by atoms with Crippen molar-refractivity contribution in [1.29, 1.82) is 0 Å². The molecule has 2 aromatic rings. The lowest BCUT2D eigenvalue weighted by Gasteiger charge is -2.17. The van der Waals surface area contributed by atoms with Crippen LogP contribution in [0.15, 0.2) is 29.6 Å². The third kappa shape index (κ3) is 2.87. The molecule has 1 aliphatic heterocycles. The molecule has 1 aromatic carbocycles. The first-order chi connectivity index (χ1) is 10.5. The van der Waals surface area contributed by atoms with E-state index in [4.69, 9.17) is 5.11 Å². The number of carbonyl (C=O) groups excluding carboxylic acids is 1. The van der Waals surface area contributed by atoms with Crippen molar-refractivity contribution in [3.63, 3.8) is 0 Å². The largest absolute Gasteiger partial charge is 0.481 e. The van der Waals surface area contributed by atoms with Crippen molar-refractivity contribution >= 4 is 28.9 Å². The van der Waals surface area contributed by atoms with Crippen LogP contribution in [-0.2, 0) is 16.0 Å². The van der Waals surface area contributed by atoms with Crippen LogP contribution in [0.2, 0.25) is 0 Å². The highest BCUT2D eigenvalue weighted by Crippen LogP contribution is 2.38. The molecule has 1 N–H and O–H groups in total. The molecule has 3 rings (SSSR count). The van der Waals surface area contributed by atoms with Gasteiger partial charge in [0.25, 0.3) is 0 Å². The summed E-state index contributed by atoms with van der Waals surface area (Å²) in [6, 6.07) is 7.53. The van der Waals surface area contributed by atoms with Crippen molar-refractivity contribution in [1.82, 2.24) is 4.98 Å². The van der Waals surface area contributed by atoms with Crippen LogP contribution in [0.4, 0.5) is 5.69 Å². The van der Waals surface area contributed by atoms with Gasteiger partial charge in [0.1, 0.15) is 0 Å². The topological polar surface area (TPSA) is 70.5 Å². The van der Waals surface area contributed by atoms with Crippen LogP contribution in [0.5, 0.6) is 0 Å². The summed E-state index contributed by atoms with van der Waals surface area (Å²) in [5, 5.41) is 11.9. The van der Waals surface area contributed by atoms with Crippen LogP contribution in [0.25, 0.3) is 0 Å². The van der Waals surface area contributed by atoms with Crippen LogP contribution in [0, 0.1) is 6.92 Å². The zero-order chi connectivity index (χ0) is 15.7. The third-order valence-electron chi connectivity index (χ3n) is 3.79. The number of fused-ring (bicyclic) bond motifs is 1. The second-order valence-electron chi connectivity index (χ2n) is 5.39. The SMILES string of the molecule is Cc1nc(CC(=O)N2CC(CC(=O)O)c3ccccc32)cs1. The summed E-state index contributed by atoms with van der Waals surface area (Å²) in [5.41, 5.74) is 2.53. The molecule has 0 fully saturated rings. The summed E-state index contributed by atoms with van der Waals surface area (Å²) in [7, 11) is 0. The van der Waals surface area contributed by atoms with E-state index in [0.717, 1.165) is 22.0 Å². The van der Waals surface area contributed by atoms with E-state index in [1.807, 2.05) is 36.6 Å². The van der Waals surface area contributed by atoms with Gasteiger partial charge in [0, 0.05) is 23.5 Å². The number of nitrogens with zero attached hydrogens (tertiary/aromatic N) is 2. The number of rotatable bonds is 4. The van der Waals surface area contributed by atoms with Crippen molar-refractivity contribution in [3.8, 4) is 0 Å². The van der Waals surface area contributed by atoms with Gasteiger partial charge in [0.05, 0.1) is 23.5 Å². The van der Waals surface area contributed by atoms with Crippen molar-refractivity contribution in [2.45, 2.75) is 25.7 Å². The van der Waals surface area contributed by atoms with Crippen LogP contribution in [-0.4, -0.2) is 28.5 Å². The van der Waals surface area contributed by atoms with Crippen LogP contribution >= 0.6 is 11.3 Å². The molecule has 1 aliphatic rings. The molecule has 0 radical (unpaired) electrons. The lowest BCUT2D eigenvalue weighted by atomic mass is 9.98. The number of aliphatic carboxylic acids is 1. The number of carbonyl (C=O) groups is 2. The van der Waals surface area contributed by atoms with Gasteiger partial charge in [-0.2, -0.15) is 0 Å². The quantitative estimate of drug-likeness (QED) is 0.941. The number of carboxylic acids is 1. The van der Waals surface area contributed by atoms with Gasteiger partial charge in [-0.3, -0.25) is 9.59 Å². The fourth-order valence-electron chi connectivity index (χ4n) is 2.86. The number of benzene rings is 1. The van der Waals surface area contributed by atoms with Crippen molar-refractivity contribution in [2.24, 2.45) is 0 Å². The minimum Gasteiger partial charge on any atom is -0.481 e. The van der Waals surface area contributed by atoms with Gasteiger partial charge >= 0.3 is 5.97 Å². The number of aryl methyl sites for hydroxylation is 1. The Bertz CT molecular complexity index is 726. The molecule has 1 unspecified atom stereocenters. The lowest BCUT2D eigenvalue weighted by Crippen LogP contribution is -2.31. The van der Waals surface area contributed by atoms with E-state index in [1.54, 1.807) is 4.90 Å². The number of hydrogen-bond acceptors (Lipinski definition) is 4. The summed E-state index contributed by atoms with van der Waals surface area (Å²) < 4.78 is 0. The number of anilines is 1. The van der Waals surface area contributed by atoms with Crippen LogP contribution in [0.3, 0.4) is 0 Å². The van der Waals surface area contributed by atoms with Gasteiger partial charge in [0.15, 0.2) is 0 Å². The Kier molecular flexibility index (Phi) is 3.94. The number of hydrogen-bond donors (Lipinski definition) is 1. The zero-order valence-electron chi connectivity index (χ0n) is 12.2.